The predicted octanol–water partition coefficient (Wildman–Crippen LogP) is 4.97. The van der Waals surface area contributed by atoms with Crippen LogP contribution in [0.25, 0.3) is 21.9 Å². The van der Waals surface area contributed by atoms with E-state index in [1.165, 1.54) is 4.68 Å². The third-order valence-electron chi connectivity index (χ3n) is 4.75. The Morgan fingerprint density at radius 2 is 1.90 bits per heavy atom. The highest BCUT2D eigenvalue weighted by Crippen LogP contribution is 2.28. The molecule has 2 heterocycles. The summed E-state index contributed by atoms with van der Waals surface area (Å²) in [6.07, 6.45) is -0.595. The largest absolute Gasteiger partial charge is 0.442 e. The highest BCUT2D eigenvalue weighted by molar-refractivity contribution is 9.10. The first kappa shape index (κ1) is 20.3. The molecule has 7 nitrogen and oxygen atoms in total. The number of carbonyl (C=O) groups excluding carboxylic acids is 1. The number of nitrogens with one attached hydrogen (secondary N) is 1. The Kier molecular flexibility index (Phi) is 4.97. The van der Waals surface area contributed by atoms with Crippen molar-refractivity contribution in [2.75, 3.05) is 0 Å². The minimum absolute atomic E-state index is 0.164. The lowest BCUT2D eigenvalue weighted by atomic mass is 9.98. The maximum absolute atomic E-state index is 12.8. The van der Waals surface area contributed by atoms with Gasteiger partial charge in [-0.3, -0.25) is 4.79 Å². The van der Waals surface area contributed by atoms with E-state index >= 15 is 0 Å². The quantitative estimate of drug-likeness (QED) is 0.448. The molecule has 0 amide bonds. The summed E-state index contributed by atoms with van der Waals surface area (Å²) in [5, 5.41) is 4.96. The number of H-pyrrole nitrogens is 1. The first-order valence-corrected chi connectivity index (χ1v) is 10.3. The summed E-state index contributed by atoms with van der Waals surface area (Å²) < 4.78 is 7.11. The SMILES string of the molecule is CC(c1ccccc1)c1nc2cc3c(Br)nn(C(=O)OC(C)(C)C)c3cc2[nH]c1=O. The van der Waals surface area contributed by atoms with Gasteiger partial charge in [0.15, 0.2) is 0 Å². The van der Waals surface area contributed by atoms with Crippen LogP contribution in [0.4, 0.5) is 4.79 Å². The number of fused-ring (bicyclic) bond motifs is 2. The van der Waals surface area contributed by atoms with E-state index in [-0.39, 0.29) is 11.5 Å². The molecule has 0 aliphatic carbocycles. The van der Waals surface area contributed by atoms with Gasteiger partial charge < -0.3 is 9.72 Å². The lowest BCUT2D eigenvalue weighted by Gasteiger charge is -2.19. The first-order valence-electron chi connectivity index (χ1n) is 9.54. The van der Waals surface area contributed by atoms with Crippen molar-refractivity contribution in [2.45, 2.75) is 39.2 Å². The second-order valence-corrected chi connectivity index (χ2v) is 8.90. The van der Waals surface area contributed by atoms with Gasteiger partial charge in [0, 0.05) is 11.3 Å². The highest BCUT2D eigenvalue weighted by Gasteiger charge is 2.23. The number of hydrogen-bond acceptors (Lipinski definition) is 5. The number of aromatic amines is 1. The Balaban J connectivity index is 1.85. The standard InChI is InChI=1S/C22H21BrN4O3/c1-12(13-8-6-5-7-9-13)18-20(28)25-16-11-17-14(10-15(16)24-18)19(23)26-27(17)21(29)30-22(2,3)4/h5-12H,1-4H3,(H,25,28). The van der Waals surface area contributed by atoms with Gasteiger partial charge in [0.1, 0.15) is 15.9 Å². The van der Waals surface area contributed by atoms with Crippen LogP contribution in [-0.2, 0) is 4.74 Å². The molecule has 1 N–H and O–H groups in total. The van der Waals surface area contributed by atoms with E-state index in [1.807, 2.05) is 37.3 Å². The third-order valence-corrected chi connectivity index (χ3v) is 5.34. The van der Waals surface area contributed by atoms with Gasteiger partial charge in [0.25, 0.3) is 5.56 Å². The second-order valence-electron chi connectivity index (χ2n) is 8.15. The predicted molar refractivity (Wildman–Crippen MR) is 119 cm³/mol. The van der Waals surface area contributed by atoms with Crippen LogP contribution < -0.4 is 5.56 Å². The number of rotatable bonds is 2. The van der Waals surface area contributed by atoms with Gasteiger partial charge in [-0.25, -0.2) is 9.78 Å². The highest BCUT2D eigenvalue weighted by atomic mass is 79.9. The summed E-state index contributed by atoms with van der Waals surface area (Å²) in [7, 11) is 0. The normalized spacial score (nSPS) is 13.0. The van der Waals surface area contributed by atoms with Gasteiger partial charge in [-0.2, -0.15) is 9.78 Å². The molecule has 4 aromatic rings. The minimum Gasteiger partial charge on any atom is -0.442 e. The van der Waals surface area contributed by atoms with Crippen LogP contribution >= 0.6 is 15.9 Å². The van der Waals surface area contributed by atoms with Gasteiger partial charge in [-0.1, -0.05) is 37.3 Å². The lowest BCUT2D eigenvalue weighted by molar-refractivity contribution is 0.0522. The Hall–Kier alpha value is -3.00. The smallest absolute Gasteiger partial charge is 0.435 e. The Bertz CT molecular complexity index is 1320. The number of halogens is 1. The van der Waals surface area contributed by atoms with Gasteiger partial charge in [0.05, 0.1) is 16.6 Å². The van der Waals surface area contributed by atoms with Gasteiger partial charge >= 0.3 is 6.09 Å². The number of hydrogen-bond donors (Lipinski definition) is 1. The zero-order valence-corrected chi connectivity index (χ0v) is 18.6. The maximum atomic E-state index is 12.8. The molecule has 2 aromatic heterocycles. The van der Waals surface area contributed by atoms with E-state index in [4.69, 9.17) is 4.74 Å². The molecular weight excluding hydrogens is 448 g/mol. The fourth-order valence-electron chi connectivity index (χ4n) is 3.31. The molecule has 0 radical (unpaired) electrons. The number of benzene rings is 2. The molecule has 30 heavy (non-hydrogen) atoms. The van der Waals surface area contributed by atoms with Crippen LogP contribution in [0.5, 0.6) is 0 Å². The third kappa shape index (κ3) is 3.75. The van der Waals surface area contributed by atoms with E-state index in [2.05, 4.69) is 31.0 Å². The summed E-state index contributed by atoms with van der Waals surface area (Å²) in [6.45, 7) is 7.32. The molecule has 0 aliphatic heterocycles. The van der Waals surface area contributed by atoms with Gasteiger partial charge in [-0.05, 0) is 54.4 Å². The van der Waals surface area contributed by atoms with Crippen molar-refractivity contribution < 1.29 is 9.53 Å². The summed E-state index contributed by atoms with van der Waals surface area (Å²) in [5.41, 5.74) is 2.18. The molecule has 0 saturated carbocycles. The average Bonchev–Trinajstić information content (AvgIpc) is 3.00. The van der Waals surface area contributed by atoms with Crippen LogP contribution in [0.2, 0.25) is 0 Å². The molecule has 2 aromatic carbocycles. The van der Waals surface area contributed by atoms with Crippen LogP contribution in [0.15, 0.2) is 51.9 Å². The molecule has 8 heteroatoms. The molecule has 0 spiro atoms. The topological polar surface area (TPSA) is 89.9 Å². The minimum atomic E-state index is -0.656. The fourth-order valence-corrected chi connectivity index (χ4v) is 3.79. The van der Waals surface area contributed by atoms with E-state index < -0.39 is 11.7 Å². The van der Waals surface area contributed by atoms with Crippen molar-refractivity contribution in [3.63, 3.8) is 0 Å². The molecule has 154 valence electrons. The summed E-state index contributed by atoms with van der Waals surface area (Å²) in [5.74, 6) is -0.164. The average molecular weight is 469 g/mol. The summed E-state index contributed by atoms with van der Waals surface area (Å²) in [4.78, 5) is 32.9. The molecule has 0 saturated heterocycles. The van der Waals surface area contributed by atoms with Crippen LogP contribution in [0, 0.1) is 0 Å². The Labute approximate surface area is 181 Å². The van der Waals surface area contributed by atoms with Crippen molar-refractivity contribution in [3.05, 3.63) is 68.7 Å². The van der Waals surface area contributed by atoms with E-state index in [0.717, 1.165) is 5.56 Å². The first-order chi connectivity index (χ1) is 14.1. The van der Waals surface area contributed by atoms with E-state index in [0.29, 0.717) is 32.2 Å². The van der Waals surface area contributed by atoms with Crippen molar-refractivity contribution in [2.24, 2.45) is 0 Å². The van der Waals surface area contributed by atoms with Crippen LogP contribution in [0.1, 0.15) is 44.9 Å². The molecule has 1 atom stereocenters. The zero-order valence-electron chi connectivity index (χ0n) is 17.1. The van der Waals surface area contributed by atoms with Crippen molar-refractivity contribution in [1.29, 1.82) is 0 Å². The molecule has 0 bridgehead atoms. The summed E-state index contributed by atoms with van der Waals surface area (Å²) >= 11 is 3.41. The van der Waals surface area contributed by atoms with E-state index in [1.54, 1.807) is 32.9 Å². The van der Waals surface area contributed by atoms with Crippen molar-refractivity contribution in [3.8, 4) is 0 Å². The van der Waals surface area contributed by atoms with Crippen molar-refractivity contribution in [1.82, 2.24) is 19.7 Å². The molecule has 0 aliphatic rings. The monoisotopic (exact) mass is 468 g/mol. The number of aromatic nitrogens is 4. The summed E-state index contributed by atoms with van der Waals surface area (Å²) in [6, 6.07) is 13.3. The van der Waals surface area contributed by atoms with Crippen molar-refractivity contribution >= 4 is 44.0 Å². The van der Waals surface area contributed by atoms with Crippen LogP contribution in [-0.4, -0.2) is 31.4 Å². The molecular formula is C22H21BrN4O3. The zero-order chi connectivity index (χ0) is 21.6. The Morgan fingerprint density at radius 3 is 2.57 bits per heavy atom. The lowest BCUT2D eigenvalue weighted by Crippen LogP contribution is -2.27. The van der Waals surface area contributed by atoms with Gasteiger partial charge in [0.2, 0.25) is 0 Å². The Morgan fingerprint density at radius 1 is 1.20 bits per heavy atom. The molecule has 1 unspecified atom stereocenters. The maximum Gasteiger partial charge on any atom is 0.435 e. The second kappa shape index (κ2) is 7.36. The number of nitrogens with zero attached hydrogens (tertiary/aromatic N) is 3. The number of carbonyl (C=O) groups is 1. The number of ether oxygens (including phenoxy) is 1. The van der Waals surface area contributed by atoms with Crippen LogP contribution in [0.3, 0.4) is 0 Å². The van der Waals surface area contributed by atoms with Gasteiger partial charge in [-0.15, -0.1) is 0 Å². The van der Waals surface area contributed by atoms with E-state index in [9.17, 15) is 9.59 Å². The molecule has 4 rings (SSSR count). The molecule has 0 fully saturated rings. The fraction of sp³-hybridized carbons (Fsp3) is 0.273.